The number of ether oxygens (including phenoxy) is 1. The average molecular weight is 216 g/mol. The predicted octanol–water partition coefficient (Wildman–Crippen LogP) is -0.0903. The summed E-state index contributed by atoms with van der Waals surface area (Å²) in [6, 6.07) is -0.299. The van der Waals surface area contributed by atoms with Gasteiger partial charge in [-0.3, -0.25) is 9.59 Å². The lowest BCUT2D eigenvalue weighted by Gasteiger charge is -2.15. The second-order valence-corrected chi connectivity index (χ2v) is 3.40. The van der Waals surface area contributed by atoms with Crippen LogP contribution in [0.3, 0.4) is 0 Å². The van der Waals surface area contributed by atoms with Crippen LogP contribution in [0, 0.1) is 5.92 Å². The van der Waals surface area contributed by atoms with Crippen molar-refractivity contribution in [3.05, 3.63) is 0 Å². The van der Waals surface area contributed by atoms with Gasteiger partial charge in [0.25, 0.3) is 0 Å². The highest BCUT2D eigenvalue weighted by Crippen LogP contribution is 1.97. The van der Waals surface area contributed by atoms with E-state index in [1.165, 1.54) is 0 Å². The molecule has 15 heavy (non-hydrogen) atoms. The summed E-state index contributed by atoms with van der Waals surface area (Å²) in [7, 11) is 1.58. The molecule has 2 N–H and O–H groups in total. The van der Waals surface area contributed by atoms with E-state index in [2.05, 4.69) is 10.6 Å². The fourth-order valence-corrected chi connectivity index (χ4v) is 1.03. The Morgan fingerprint density at radius 1 is 1.33 bits per heavy atom. The molecule has 0 fully saturated rings. The molecule has 0 heterocycles. The molecule has 0 aliphatic carbocycles. The molecule has 5 heteroatoms. The van der Waals surface area contributed by atoms with Gasteiger partial charge in [0.05, 0.1) is 18.6 Å². The van der Waals surface area contributed by atoms with Gasteiger partial charge in [-0.15, -0.1) is 0 Å². The number of rotatable bonds is 6. The van der Waals surface area contributed by atoms with Gasteiger partial charge in [-0.25, -0.2) is 0 Å². The summed E-state index contributed by atoms with van der Waals surface area (Å²) in [5, 5.41) is 5.48. The minimum atomic E-state index is -0.299. The highest BCUT2D eigenvalue weighted by Gasteiger charge is 2.16. The topological polar surface area (TPSA) is 67.4 Å². The molecule has 0 aromatic rings. The van der Waals surface area contributed by atoms with Crippen LogP contribution in [0.4, 0.5) is 0 Å². The Labute approximate surface area is 90.6 Å². The van der Waals surface area contributed by atoms with Gasteiger partial charge in [0, 0.05) is 13.6 Å². The van der Waals surface area contributed by atoms with Gasteiger partial charge >= 0.3 is 5.97 Å². The number of hydrogen-bond acceptors (Lipinski definition) is 4. The zero-order chi connectivity index (χ0) is 11.8. The van der Waals surface area contributed by atoms with Gasteiger partial charge in [0.2, 0.25) is 5.91 Å². The highest BCUT2D eigenvalue weighted by atomic mass is 16.5. The minimum Gasteiger partial charge on any atom is -0.466 e. The van der Waals surface area contributed by atoms with Crippen molar-refractivity contribution in [2.45, 2.75) is 26.8 Å². The monoisotopic (exact) mass is 216 g/mol. The Hall–Kier alpha value is -1.10. The largest absolute Gasteiger partial charge is 0.466 e. The van der Waals surface area contributed by atoms with Crippen molar-refractivity contribution >= 4 is 11.9 Å². The van der Waals surface area contributed by atoms with E-state index in [0.717, 1.165) is 0 Å². The molecule has 0 aliphatic rings. The number of carbonyl (C=O) groups excluding carboxylic acids is 2. The fraction of sp³-hybridized carbons (Fsp3) is 0.800. The average Bonchev–Trinajstić information content (AvgIpc) is 2.24. The van der Waals surface area contributed by atoms with Crippen molar-refractivity contribution in [2.75, 3.05) is 20.2 Å². The lowest BCUT2D eigenvalue weighted by Crippen LogP contribution is -2.43. The molecule has 0 spiro atoms. The van der Waals surface area contributed by atoms with Crippen LogP contribution in [0.15, 0.2) is 0 Å². The first kappa shape index (κ1) is 13.9. The van der Waals surface area contributed by atoms with Gasteiger partial charge in [0.15, 0.2) is 0 Å². The number of esters is 1. The third-order valence-electron chi connectivity index (χ3n) is 2.06. The predicted molar refractivity (Wildman–Crippen MR) is 57.3 cm³/mol. The lowest BCUT2D eigenvalue weighted by atomic mass is 10.1. The van der Waals surface area contributed by atoms with Crippen LogP contribution in [0.25, 0.3) is 0 Å². The Morgan fingerprint density at radius 3 is 2.40 bits per heavy atom. The van der Waals surface area contributed by atoms with Crippen LogP contribution >= 0.6 is 0 Å². The zero-order valence-electron chi connectivity index (χ0n) is 9.79. The van der Waals surface area contributed by atoms with E-state index in [1.54, 1.807) is 27.8 Å². The molecule has 0 aliphatic heterocycles. The molecule has 1 amide bonds. The Bertz CT molecular complexity index is 219. The molecule has 0 aromatic heterocycles. The van der Waals surface area contributed by atoms with Crippen molar-refractivity contribution in [1.82, 2.24) is 10.6 Å². The first-order chi connectivity index (χ1) is 7.02. The molecule has 0 bridgehead atoms. The van der Waals surface area contributed by atoms with Crippen LogP contribution in [-0.4, -0.2) is 38.1 Å². The van der Waals surface area contributed by atoms with Crippen LogP contribution in [0.2, 0.25) is 0 Å². The van der Waals surface area contributed by atoms with E-state index < -0.39 is 0 Å². The lowest BCUT2D eigenvalue weighted by molar-refractivity contribution is -0.147. The smallest absolute Gasteiger partial charge is 0.309 e. The van der Waals surface area contributed by atoms with Gasteiger partial charge in [-0.05, 0) is 13.8 Å². The van der Waals surface area contributed by atoms with E-state index >= 15 is 0 Å². The summed E-state index contributed by atoms with van der Waals surface area (Å²) in [5.41, 5.74) is 0. The van der Waals surface area contributed by atoms with Crippen molar-refractivity contribution in [3.8, 4) is 0 Å². The van der Waals surface area contributed by atoms with Crippen molar-refractivity contribution in [3.63, 3.8) is 0 Å². The molecule has 88 valence electrons. The van der Waals surface area contributed by atoms with Gasteiger partial charge in [-0.1, -0.05) is 6.92 Å². The fourth-order valence-electron chi connectivity index (χ4n) is 1.03. The molecule has 0 aromatic carbocycles. The van der Waals surface area contributed by atoms with Crippen molar-refractivity contribution < 1.29 is 14.3 Å². The summed E-state index contributed by atoms with van der Waals surface area (Å²) in [5.74, 6) is -0.572. The Morgan fingerprint density at radius 2 is 1.93 bits per heavy atom. The molecule has 2 unspecified atom stereocenters. The van der Waals surface area contributed by atoms with Gasteiger partial charge in [0.1, 0.15) is 0 Å². The molecule has 0 radical (unpaired) electrons. The first-order valence-corrected chi connectivity index (χ1v) is 5.14. The van der Waals surface area contributed by atoms with Crippen LogP contribution in [0.1, 0.15) is 20.8 Å². The molecule has 0 rings (SSSR count). The van der Waals surface area contributed by atoms with E-state index in [1.807, 2.05) is 0 Å². The molecular weight excluding hydrogens is 196 g/mol. The summed E-state index contributed by atoms with van der Waals surface area (Å²) in [4.78, 5) is 22.4. The minimum absolute atomic E-state index is 0.0916. The normalized spacial score (nSPS) is 14.1. The summed E-state index contributed by atoms with van der Waals surface area (Å²) < 4.78 is 4.84. The van der Waals surface area contributed by atoms with Gasteiger partial charge in [-0.2, -0.15) is 0 Å². The molecule has 0 saturated heterocycles. The van der Waals surface area contributed by atoms with Crippen molar-refractivity contribution in [1.29, 1.82) is 0 Å². The SMILES string of the molecule is CCOC(=O)C(C)CNC(C)C(=O)NC. The number of likely N-dealkylation sites (N-methyl/N-ethyl adjacent to an activating group) is 1. The van der Waals surface area contributed by atoms with E-state index in [4.69, 9.17) is 4.74 Å². The van der Waals surface area contributed by atoms with E-state index in [0.29, 0.717) is 13.2 Å². The van der Waals surface area contributed by atoms with Crippen molar-refractivity contribution in [2.24, 2.45) is 5.92 Å². The maximum Gasteiger partial charge on any atom is 0.309 e. The van der Waals surface area contributed by atoms with Crippen LogP contribution in [-0.2, 0) is 14.3 Å². The summed E-state index contributed by atoms with van der Waals surface area (Å²) >= 11 is 0. The third-order valence-corrected chi connectivity index (χ3v) is 2.06. The van der Waals surface area contributed by atoms with E-state index in [-0.39, 0.29) is 23.8 Å². The quantitative estimate of drug-likeness (QED) is 0.609. The van der Waals surface area contributed by atoms with Gasteiger partial charge < -0.3 is 15.4 Å². The highest BCUT2D eigenvalue weighted by molar-refractivity contribution is 5.81. The molecule has 0 saturated carbocycles. The first-order valence-electron chi connectivity index (χ1n) is 5.14. The Balaban J connectivity index is 3.84. The standard InChI is InChI=1S/C10H20N2O3/c1-5-15-10(14)7(2)6-12-8(3)9(13)11-4/h7-8,12H,5-6H2,1-4H3,(H,11,13). The maximum absolute atomic E-state index is 11.2. The Kier molecular flexibility index (Phi) is 6.70. The molecule has 5 nitrogen and oxygen atoms in total. The second kappa shape index (κ2) is 7.23. The number of amides is 1. The summed E-state index contributed by atoms with van der Waals surface area (Å²) in [6.45, 7) is 6.10. The summed E-state index contributed by atoms with van der Waals surface area (Å²) in [6.07, 6.45) is 0. The number of nitrogens with one attached hydrogen (secondary N) is 2. The third kappa shape index (κ3) is 5.37. The second-order valence-electron chi connectivity index (χ2n) is 3.40. The molecule has 2 atom stereocenters. The van der Waals surface area contributed by atoms with Crippen LogP contribution < -0.4 is 10.6 Å². The van der Waals surface area contributed by atoms with E-state index in [9.17, 15) is 9.59 Å². The molecular formula is C10H20N2O3. The number of hydrogen-bond donors (Lipinski definition) is 2. The number of carbonyl (C=O) groups is 2. The van der Waals surface area contributed by atoms with Crippen LogP contribution in [0.5, 0.6) is 0 Å². The zero-order valence-corrected chi connectivity index (χ0v) is 9.79. The maximum atomic E-state index is 11.2.